The highest BCUT2D eigenvalue weighted by atomic mass is 16.5. The van der Waals surface area contributed by atoms with Crippen LogP contribution in [0.4, 0.5) is 5.69 Å². The number of fused-ring (bicyclic) bond motifs is 1. The molecule has 3 rings (SSSR count). The number of nitrogens with one attached hydrogen (secondary N) is 2. The van der Waals surface area contributed by atoms with E-state index in [0.717, 1.165) is 5.52 Å². The molecule has 0 radical (unpaired) electrons. The normalized spacial score (nSPS) is 10.5. The van der Waals surface area contributed by atoms with E-state index in [1.165, 1.54) is 26.3 Å². The van der Waals surface area contributed by atoms with Crippen molar-refractivity contribution in [1.82, 2.24) is 4.98 Å². The summed E-state index contributed by atoms with van der Waals surface area (Å²) in [6, 6.07) is 11.7. The van der Waals surface area contributed by atoms with Gasteiger partial charge in [0, 0.05) is 28.4 Å². The van der Waals surface area contributed by atoms with E-state index >= 15 is 0 Å². The maximum atomic E-state index is 12.5. The quantitative estimate of drug-likeness (QED) is 0.553. The molecule has 0 saturated heterocycles. The number of anilines is 1. The predicted octanol–water partition coefficient (Wildman–Crippen LogP) is 3.20. The molecule has 0 aliphatic carbocycles. The first-order valence-corrected chi connectivity index (χ1v) is 7.61. The van der Waals surface area contributed by atoms with E-state index in [9.17, 15) is 14.4 Å². The largest absolute Gasteiger partial charge is 0.497 e. The Morgan fingerprint density at radius 3 is 2.60 bits per heavy atom. The van der Waals surface area contributed by atoms with Gasteiger partial charge in [-0.2, -0.15) is 0 Å². The fourth-order valence-electron chi connectivity index (χ4n) is 2.54. The summed E-state index contributed by atoms with van der Waals surface area (Å²) in [7, 11) is 1.53. The molecule has 0 aliphatic rings. The first-order chi connectivity index (χ1) is 12.0. The molecule has 25 heavy (non-hydrogen) atoms. The van der Waals surface area contributed by atoms with E-state index in [2.05, 4.69) is 10.3 Å². The molecule has 126 valence electrons. The summed E-state index contributed by atoms with van der Waals surface area (Å²) in [6.45, 7) is 1.44. The van der Waals surface area contributed by atoms with Gasteiger partial charge in [-0.25, -0.2) is 0 Å². The van der Waals surface area contributed by atoms with Crippen LogP contribution in [0.15, 0.2) is 48.7 Å². The van der Waals surface area contributed by atoms with Crippen LogP contribution in [0.25, 0.3) is 10.9 Å². The van der Waals surface area contributed by atoms with Crippen LogP contribution in [0.3, 0.4) is 0 Å². The number of rotatable bonds is 5. The third-order valence-electron chi connectivity index (χ3n) is 3.87. The van der Waals surface area contributed by atoms with Crippen molar-refractivity contribution in [3.63, 3.8) is 0 Å². The molecule has 1 aromatic heterocycles. The topological polar surface area (TPSA) is 88.3 Å². The molecule has 2 N–H and O–H groups in total. The minimum absolute atomic E-state index is 0.119. The first-order valence-electron chi connectivity index (χ1n) is 7.61. The number of carbonyl (C=O) groups is 3. The molecule has 3 aromatic rings. The van der Waals surface area contributed by atoms with Gasteiger partial charge < -0.3 is 15.0 Å². The number of Topliss-reactive ketones (excluding diaryl/α,β-unsaturated/α-hetero) is 2. The van der Waals surface area contributed by atoms with Gasteiger partial charge in [-0.15, -0.1) is 0 Å². The molecule has 6 heteroatoms. The van der Waals surface area contributed by atoms with Gasteiger partial charge in [0.1, 0.15) is 5.75 Å². The summed E-state index contributed by atoms with van der Waals surface area (Å²) in [4.78, 5) is 39.2. The van der Waals surface area contributed by atoms with Gasteiger partial charge in [0.15, 0.2) is 5.78 Å². The highest BCUT2D eigenvalue weighted by molar-refractivity contribution is 6.48. The van der Waals surface area contributed by atoms with Crippen molar-refractivity contribution in [3.05, 3.63) is 59.8 Å². The average molecular weight is 336 g/mol. The van der Waals surface area contributed by atoms with Crippen LogP contribution in [0.5, 0.6) is 5.75 Å². The molecule has 0 saturated carbocycles. The van der Waals surface area contributed by atoms with Gasteiger partial charge in [0.2, 0.25) is 0 Å². The zero-order valence-electron chi connectivity index (χ0n) is 13.8. The lowest BCUT2D eigenvalue weighted by molar-refractivity contribution is -0.112. The van der Waals surface area contributed by atoms with Crippen molar-refractivity contribution in [2.45, 2.75) is 6.92 Å². The minimum atomic E-state index is -0.774. The molecule has 0 unspecified atom stereocenters. The minimum Gasteiger partial charge on any atom is -0.497 e. The first kappa shape index (κ1) is 16.4. The van der Waals surface area contributed by atoms with Crippen molar-refractivity contribution in [2.24, 2.45) is 0 Å². The Morgan fingerprint density at radius 1 is 1.08 bits per heavy atom. The van der Waals surface area contributed by atoms with Crippen LogP contribution in [0, 0.1) is 0 Å². The third-order valence-corrected chi connectivity index (χ3v) is 3.87. The Kier molecular flexibility index (Phi) is 4.35. The fraction of sp³-hybridized carbons (Fsp3) is 0.105. The van der Waals surface area contributed by atoms with Crippen LogP contribution in [0.2, 0.25) is 0 Å². The van der Waals surface area contributed by atoms with Crippen LogP contribution >= 0.6 is 0 Å². The van der Waals surface area contributed by atoms with Crippen LogP contribution < -0.4 is 10.1 Å². The van der Waals surface area contributed by atoms with Crippen LogP contribution in [-0.2, 0) is 4.79 Å². The molecule has 0 aliphatic heterocycles. The zero-order valence-corrected chi connectivity index (χ0v) is 13.8. The number of hydrogen-bond acceptors (Lipinski definition) is 4. The Labute approximate surface area is 143 Å². The second kappa shape index (κ2) is 6.60. The second-order valence-electron chi connectivity index (χ2n) is 5.53. The van der Waals surface area contributed by atoms with E-state index in [0.29, 0.717) is 22.4 Å². The smallest absolute Gasteiger partial charge is 0.296 e. The Balaban J connectivity index is 1.87. The number of ketones is 2. The van der Waals surface area contributed by atoms with E-state index in [4.69, 9.17) is 4.74 Å². The van der Waals surface area contributed by atoms with Crippen LogP contribution in [0.1, 0.15) is 27.6 Å². The summed E-state index contributed by atoms with van der Waals surface area (Å²) in [6.07, 6.45) is 1.50. The summed E-state index contributed by atoms with van der Waals surface area (Å²) in [5.41, 5.74) is 1.84. The van der Waals surface area contributed by atoms with Gasteiger partial charge >= 0.3 is 0 Å². The molecule has 0 spiro atoms. The fourth-order valence-corrected chi connectivity index (χ4v) is 2.54. The maximum absolute atomic E-state index is 12.5. The summed E-state index contributed by atoms with van der Waals surface area (Å²) >= 11 is 0. The van der Waals surface area contributed by atoms with E-state index < -0.39 is 11.7 Å². The summed E-state index contributed by atoms with van der Waals surface area (Å²) in [5.74, 6) is -0.973. The second-order valence-corrected chi connectivity index (χ2v) is 5.53. The number of H-pyrrole nitrogens is 1. The van der Waals surface area contributed by atoms with Crippen molar-refractivity contribution in [1.29, 1.82) is 0 Å². The van der Waals surface area contributed by atoms with Crippen molar-refractivity contribution in [3.8, 4) is 5.75 Å². The Bertz CT molecular complexity index is 988. The number of carbonyl (C=O) groups excluding carboxylic acids is 3. The van der Waals surface area contributed by atoms with Gasteiger partial charge in [-0.1, -0.05) is 12.1 Å². The van der Waals surface area contributed by atoms with Crippen molar-refractivity contribution >= 4 is 34.1 Å². The molecular formula is C19H16N2O4. The molecule has 1 amide bonds. The van der Waals surface area contributed by atoms with E-state index in [-0.39, 0.29) is 11.3 Å². The standard InChI is InChI=1S/C19H16N2O4/c1-11(22)12-4-3-5-13(8-12)21-19(24)18(23)16-10-20-17-7-6-14(25-2)9-15(16)17/h3-10,20H,1-2H3,(H,21,24). The van der Waals surface area contributed by atoms with Gasteiger partial charge in [-0.05, 0) is 37.3 Å². The highest BCUT2D eigenvalue weighted by Crippen LogP contribution is 2.24. The monoisotopic (exact) mass is 336 g/mol. The number of aromatic amines is 1. The predicted molar refractivity (Wildman–Crippen MR) is 94.3 cm³/mol. The third kappa shape index (κ3) is 3.28. The number of benzene rings is 2. The highest BCUT2D eigenvalue weighted by Gasteiger charge is 2.20. The Hall–Kier alpha value is -3.41. The number of methoxy groups -OCH3 is 1. The summed E-state index contributed by atoms with van der Waals surface area (Å²) < 4.78 is 5.16. The van der Waals surface area contributed by atoms with Gasteiger partial charge in [0.25, 0.3) is 11.7 Å². The molecule has 0 fully saturated rings. The molecule has 2 aromatic carbocycles. The zero-order chi connectivity index (χ0) is 18.0. The van der Waals surface area contributed by atoms with Gasteiger partial charge in [-0.3, -0.25) is 14.4 Å². The lowest BCUT2D eigenvalue weighted by atomic mass is 10.1. The molecular weight excluding hydrogens is 320 g/mol. The number of ether oxygens (including phenoxy) is 1. The lowest BCUT2D eigenvalue weighted by Crippen LogP contribution is -2.22. The van der Waals surface area contributed by atoms with Gasteiger partial charge in [0.05, 0.1) is 12.7 Å². The number of hydrogen-bond donors (Lipinski definition) is 2. The maximum Gasteiger partial charge on any atom is 0.296 e. The van der Waals surface area contributed by atoms with E-state index in [1.54, 1.807) is 36.4 Å². The SMILES string of the molecule is COc1ccc2[nH]cc(C(=O)C(=O)Nc3cccc(C(C)=O)c3)c2c1. The van der Waals surface area contributed by atoms with Crippen molar-refractivity contribution in [2.75, 3.05) is 12.4 Å². The Morgan fingerprint density at radius 2 is 1.88 bits per heavy atom. The molecule has 1 heterocycles. The van der Waals surface area contributed by atoms with E-state index in [1.807, 2.05) is 0 Å². The summed E-state index contributed by atoms with van der Waals surface area (Å²) in [5, 5.41) is 3.14. The molecule has 0 bridgehead atoms. The average Bonchev–Trinajstić information content (AvgIpc) is 3.04. The molecule has 6 nitrogen and oxygen atoms in total. The number of aromatic nitrogens is 1. The number of amides is 1. The van der Waals surface area contributed by atoms with Crippen LogP contribution in [-0.4, -0.2) is 29.6 Å². The van der Waals surface area contributed by atoms with Crippen molar-refractivity contribution < 1.29 is 19.1 Å². The lowest BCUT2D eigenvalue weighted by Gasteiger charge is -2.06. The molecule has 0 atom stereocenters.